The van der Waals surface area contributed by atoms with Crippen LogP contribution in [-0.4, -0.2) is 63.8 Å². The number of hydrogen-bond acceptors (Lipinski definition) is 10. The molecule has 13 heteroatoms. The molecule has 6 aliphatic rings. The van der Waals surface area contributed by atoms with Crippen molar-refractivity contribution < 1.29 is 39.2 Å². The summed E-state index contributed by atoms with van der Waals surface area (Å²) in [5.74, 6) is 1.79. The molecule has 0 aromatic heterocycles. The zero-order valence-corrected chi connectivity index (χ0v) is 33.6. The minimum absolute atomic E-state index is 0.0130. The number of phenolic OH excluding ortho intramolecular Hbond substituents is 2. The van der Waals surface area contributed by atoms with E-state index in [2.05, 4.69) is 41.0 Å². The fourth-order valence-electron chi connectivity index (χ4n) is 11.3. The van der Waals surface area contributed by atoms with Crippen LogP contribution < -0.4 is 20.7 Å². The summed E-state index contributed by atoms with van der Waals surface area (Å²) in [5.41, 5.74) is 3.90. The number of allylic oxidation sites excluding steroid dienone is 2. The summed E-state index contributed by atoms with van der Waals surface area (Å²) in [6, 6.07) is 14.5. The van der Waals surface area contributed by atoms with E-state index >= 15 is 0 Å². The molecular weight excluding hydrogens is 757 g/mol. The van der Waals surface area contributed by atoms with Gasteiger partial charge < -0.3 is 45.6 Å². The van der Waals surface area contributed by atoms with Gasteiger partial charge in [-0.2, -0.15) is 0 Å². The van der Waals surface area contributed by atoms with Crippen molar-refractivity contribution in [3.63, 3.8) is 0 Å². The number of hydrogen-bond donors (Lipinski definition) is 6. The molecule has 0 radical (unpaired) electrons. The molecule has 1 spiro atoms. The third-order valence-corrected chi connectivity index (χ3v) is 14.5. The number of oxime groups is 1. The van der Waals surface area contributed by atoms with Crippen LogP contribution in [0.2, 0.25) is 0 Å². The SMILES string of the molecule is C[C@]12CC/C(=N/OCC(=O)NCCCNC(=S)Nc3ccc4c(c3)C(=O)OC43c4ccc(O)cc4Oc4cc(O)ccc43)C=C1CCC1C2CC[C@@]2(C)C1CC[C@H]2O. The van der Waals surface area contributed by atoms with Gasteiger partial charge in [-0.15, -0.1) is 0 Å². The van der Waals surface area contributed by atoms with Crippen LogP contribution in [0.25, 0.3) is 0 Å². The molecule has 4 aliphatic carbocycles. The maximum absolute atomic E-state index is 13.4. The molecule has 6 N–H and O–H groups in total. The number of rotatable bonds is 8. The molecule has 58 heavy (non-hydrogen) atoms. The van der Waals surface area contributed by atoms with Crippen molar-refractivity contribution in [1.82, 2.24) is 10.6 Å². The van der Waals surface area contributed by atoms with Gasteiger partial charge in [-0.1, -0.05) is 30.6 Å². The van der Waals surface area contributed by atoms with Crippen molar-refractivity contribution in [2.24, 2.45) is 33.7 Å². The predicted octanol–water partition coefficient (Wildman–Crippen LogP) is 7.15. The third kappa shape index (κ3) is 6.37. The molecule has 3 aromatic rings. The van der Waals surface area contributed by atoms with E-state index in [1.165, 1.54) is 42.7 Å². The van der Waals surface area contributed by atoms with Crippen molar-refractivity contribution in [2.75, 3.05) is 25.0 Å². The number of carbonyl (C=O) groups excluding carboxylic acids is 2. The van der Waals surface area contributed by atoms with Gasteiger partial charge in [0, 0.05) is 47.6 Å². The van der Waals surface area contributed by atoms with E-state index in [9.17, 15) is 24.9 Å². The van der Waals surface area contributed by atoms with Gasteiger partial charge in [0.05, 0.1) is 17.4 Å². The third-order valence-electron chi connectivity index (χ3n) is 14.3. The van der Waals surface area contributed by atoms with Gasteiger partial charge >= 0.3 is 5.97 Å². The number of aliphatic hydroxyl groups is 1. The van der Waals surface area contributed by atoms with Crippen molar-refractivity contribution in [3.05, 3.63) is 88.5 Å². The molecule has 12 nitrogen and oxygen atoms in total. The molecule has 0 bridgehead atoms. The highest BCUT2D eigenvalue weighted by molar-refractivity contribution is 7.80. The number of thiocarbonyl (C=S) groups is 1. The van der Waals surface area contributed by atoms with E-state index < -0.39 is 11.6 Å². The Morgan fingerprint density at radius 3 is 2.38 bits per heavy atom. The average Bonchev–Trinajstić information content (AvgIpc) is 3.66. The molecule has 3 fully saturated rings. The number of anilines is 1. The summed E-state index contributed by atoms with van der Waals surface area (Å²) in [6.45, 7) is 5.54. The van der Waals surface area contributed by atoms with Crippen molar-refractivity contribution in [1.29, 1.82) is 0 Å². The highest BCUT2D eigenvalue weighted by Gasteiger charge is 2.59. The first-order valence-corrected chi connectivity index (χ1v) is 20.9. The number of benzene rings is 3. The summed E-state index contributed by atoms with van der Waals surface area (Å²) >= 11 is 5.52. The van der Waals surface area contributed by atoms with Gasteiger partial charge in [0.2, 0.25) is 0 Å². The second-order valence-corrected chi connectivity index (χ2v) is 17.8. The van der Waals surface area contributed by atoms with E-state index in [-0.39, 0.29) is 40.9 Å². The summed E-state index contributed by atoms with van der Waals surface area (Å²) in [5, 5.41) is 44.9. The molecular formula is C45H50N4O8S. The highest BCUT2D eigenvalue weighted by atomic mass is 32.1. The Labute approximate surface area is 343 Å². The first-order chi connectivity index (χ1) is 27.9. The van der Waals surface area contributed by atoms with Gasteiger partial charge in [-0.05, 0) is 141 Å². The normalized spacial score (nSPS) is 29.0. The van der Waals surface area contributed by atoms with E-state index in [0.29, 0.717) is 81.8 Å². The summed E-state index contributed by atoms with van der Waals surface area (Å²) in [7, 11) is 0. The molecule has 0 saturated heterocycles. The molecule has 2 aliphatic heterocycles. The smallest absolute Gasteiger partial charge is 0.340 e. The number of nitrogens with zero attached hydrogens (tertiary/aromatic N) is 1. The lowest BCUT2D eigenvalue weighted by Gasteiger charge is -2.57. The zero-order valence-electron chi connectivity index (χ0n) is 32.8. The lowest BCUT2D eigenvalue weighted by Crippen LogP contribution is -2.51. The molecule has 2 heterocycles. The zero-order chi connectivity index (χ0) is 40.4. The molecule has 304 valence electrons. The van der Waals surface area contributed by atoms with Crippen LogP contribution in [0.5, 0.6) is 23.0 Å². The number of amides is 1. The Morgan fingerprint density at radius 1 is 0.897 bits per heavy atom. The highest BCUT2D eigenvalue weighted by Crippen LogP contribution is 2.65. The van der Waals surface area contributed by atoms with E-state index in [0.717, 1.165) is 44.2 Å². The van der Waals surface area contributed by atoms with E-state index in [4.69, 9.17) is 26.5 Å². The van der Waals surface area contributed by atoms with Crippen molar-refractivity contribution >= 4 is 40.6 Å². The van der Waals surface area contributed by atoms with Crippen LogP contribution in [0.3, 0.4) is 0 Å². The average molecular weight is 807 g/mol. The number of nitrogens with one attached hydrogen (secondary N) is 3. The maximum Gasteiger partial charge on any atom is 0.340 e. The van der Waals surface area contributed by atoms with Gasteiger partial charge in [0.25, 0.3) is 5.91 Å². The lowest BCUT2D eigenvalue weighted by atomic mass is 9.47. The Morgan fingerprint density at radius 2 is 1.62 bits per heavy atom. The number of aromatic hydroxyl groups is 2. The maximum atomic E-state index is 13.4. The summed E-state index contributed by atoms with van der Waals surface area (Å²) in [4.78, 5) is 31.5. The number of esters is 1. The van der Waals surface area contributed by atoms with Gasteiger partial charge in [-0.3, -0.25) is 4.79 Å². The van der Waals surface area contributed by atoms with Crippen LogP contribution in [0.1, 0.15) is 98.7 Å². The fraction of sp³-hybridized carbons (Fsp3) is 0.467. The van der Waals surface area contributed by atoms with Crippen LogP contribution in [-0.2, 0) is 20.0 Å². The quantitative estimate of drug-likeness (QED) is 0.0591. The minimum Gasteiger partial charge on any atom is -0.508 e. The first kappa shape index (κ1) is 38.4. The van der Waals surface area contributed by atoms with Gasteiger partial charge in [0.15, 0.2) is 17.3 Å². The van der Waals surface area contributed by atoms with Crippen molar-refractivity contribution in [3.8, 4) is 23.0 Å². The number of phenols is 2. The molecule has 6 atom stereocenters. The lowest BCUT2D eigenvalue weighted by molar-refractivity contribution is -0.125. The number of ether oxygens (including phenoxy) is 2. The van der Waals surface area contributed by atoms with Crippen LogP contribution in [0, 0.1) is 28.6 Å². The van der Waals surface area contributed by atoms with E-state index in [1.807, 2.05) is 0 Å². The van der Waals surface area contributed by atoms with Crippen LogP contribution >= 0.6 is 12.2 Å². The second kappa shape index (κ2) is 14.6. The predicted molar refractivity (Wildman–Crippen MR) is 221 cm³/mol. The first-order valence-electron chi connectivity index (χ1n) is 20.5. The molecule has 3 saturated carbocycles. The Bertz CT molecular complexity index is 2210. The van der Waals surface area contributed by atoms with Crippen molar-refractivity contribution in [2.45, 2.75) is 83.3 Å². The number of fused-ring (bicyclic) bond motifs is 11. The number of carbonyl (C=O) groups is 2. The molecule has 9 rings (SSSR count). The topological polar surface area (TPSA) is 171 Å². The Hall–Kier alpha value is -5.14. The van der Waals surface area contributed by atoms with E-state index in [1.54, 1.807) is 30.3 Å². The van der Waals surface area contributed by atoms with Crippen LogP contribution in [0.4, 0.5) is 5.69 Å². The largest absolute Gasteiger partial charge is 0.508 e. The standard InChI is InChI=1S/C45H50N4O8S/c1-43-16-14-27(20-25(43)4-8-30-32-12-13-39(52)44(32,2)17-15-33(30)43)49-55-24-40(53)46-18-3-19-47-42(58)48-26-5-9-34-31(21-26)41(54)57-45(34)35-10-6-28(50)22-37(35)56-38-23-29(51)7-11-36(38)45/h5-7,9-11,20-23,30,32-33,39,50-52H,3-4,8,12-19,24H2,1-2H3,(H,46,53)(H2,47,48,58)/b49-27-/t30?,32?,33?,39-,43+,44+/m1/s1. The van der Waals surface area contributed by atoms with Gasteiger partial charge in [-0.25, -0.2) is 4.79 Å². The molecule has 3 unspecified atom stereocenters. The molecule has 3 aromatic carbocycles. The fourth-order valence-corrected chi connectivity index (χ4v) is 11.5. The summed E-state index contributed by atoms with van der Waals surface area (Å²) in [6.07, 6.45) is 11.2. The summed E-state index contributed by atoms with van der Waals surface area (Å²) < 4.78 is 12.2. The second-order valence-electron chi connectivity index (χ2n) is 17.4. The monoisotopic (exact) mass is 806 g/mol. The molecule has 1 amide bonds. The number of aliphatic hydroxyl groups excluding tert-OH is 1. The van der Waals surface area contributed by atoms with Crippen LogP contribution in [0.15, 0.2) is 71.4 Å². The van der Waals surface area contributed by atoms with Gasteiger partial charge in [0.1, 0.15) is 23.0 Å². The Kier molecular flexibility index (Phi) is 9.66. The Balaban J connectivity index is 0.741. The minimum atomic E-state index is -1.34.